The Labute approximate surface area is 138 Å². The topological polar surface area (TPSA) is 49.9 Å². The van der Waals surface area contributed by atoms with E-state index in [1.54, 1.807) is 34.1 Å². The predicted molar refractivity (Wildman–Crippen MR) is 88.2 cm³/mol. The average Bonchev–Trinajstić information content (AvgIpc) is 2.53. The third kappa shape index (κ3) is 4.71. The fourth-order valence-corrected chi connectivity index (χ4v) is 2.66. The van der Waals surface area contributed by atoms with E-state index in [9.17, 15) is 9.59 Å². The van der Waals surface area contributed by atoms with Crippen molar-refractivity contribution in [1.82, 2.24) is 9.80 Å². The van der Waals surface area contributed by atoms with Gasteiger partial charge in [0.25, 0.3) is 5.91 Å². The van der Waals surface area contributed by atoms with E-state index in [-0.39, 0.29) is 18.0 Å². The minimum atomic E-state index is -0.481. The number of likely N-dealkylation sites (tertiary alicyclic amines) is 1. The third-order valence-corrected chi connectivity index (χ3v) is 3.95. The monoisotopic (exact) mass is 317 g/mol. The molecule has 0 spiro atoms. The van der Waals surface area contributed by atoms with Crippen LogP contribution < -0.4 is 0 Å². The van der Waals surface area contributed by atoms with Crippen LogP contribution in [-0.2, 0) is 4.74 Å². The number of ether oxygens (including phenoxy) is 1. The van der Waals surface area contributed by atoms with Crippen molar-refractivity contribution in [2.75, 3.05) is 20.1 Å². The number of amides is 2. The smallest absolute Gasteiger partial charge is 0.410 e. The molecule has 0 aliphatic carbocycles. The van der Waals surface area contributed by atoms with E-state index in [1.165, 1.54) is 0 Å². The number of piperidine rings is 1. The Bertz CT molecular complexity index is 543. The molecule has 1 aliphatic rings. The first-order valence-corrected chi connectivity index (χ1v) is 7.99. The molecular weight excluding hydrogens is 292 g/mol. The SMILES string of the molecule is CN(C(=O)c1cc[c]cc1)C1CCN(C(=O)OC(C)(C)C)CC1. The van der Waals surface area contributed by atoms with E-state index in [1.807, 2.05) is 27.8 Å². The fourth-order valence-electron chi connectivity index (χ4n) is 2.66. The summed E-state index contributed by atoms with van der Waals surface area (Å²) >= 11 is 0. The van der Waals surface area contributed by atoms with Crippen LogP contribution in [0.2, 0.25) is 0 Å². The molecule has 0 aromatic heterocycles. The van der Waals surface area contributed by atoms with Gasteiger partial charge in [-0.1, -0.05) is 12.1 Å². The second-order valence-electron chi connectivity index (χ2n) is 6.90. The minimum Gasteiger partial charge on any atom is -0.444 e. The van der Waals surface area contributed by atoms with Crippen molar-refractivity contribution in [3.63, 3.8) is 0 Å². The molecule has 1 saturated heterocycles. The number of carbonyl (C=O) groups excluding carboxylic acids is 2. The zero-order valence-corrected chi connectivity index (χ0v) is 14.3. The Kier molecular flexibility index (Phi) is 5.29. The molecule has 1 fully saturated rings. The van der Waals surface area contributed by atoms with Gasteiger partial charge >= 0.3 is 6.09 Å². The number of benzene rings is 1. The lowest BCUT2D eigenvalue weighted by Crippen LogP contribution is -2.48. The summed E-state index contributed by atoms with van der Waals surface area (Å²) in [5, 5.41) is 0. The molecule has 2 rings (SSSR count). The van der Waals surface area contributed by atoms with Gasteiger partial charge in [0.1, 0.15) is 5.60 Å². The van der Waals surface area contributed by atoms with Crippen LogP contribution >= 0.6 is 0 Å². The lowest BCUT2D eigenvalue weighted by Gasteiger charge is -2.37. The van der Waals surface area contributed by atoms with Gasteiger partial charge in [-0.15, -0.1) is 0 Å². The molecule has 0 bridgehead atoms. The summed E-state index contributed by atoms with van der Waals surface area (Å²) in [5.74, 6) is 0.00900. The molecule has 5 nitrogen and oxygen atoms in total. The predicted octanol–water partition coefficient (Wildman–Crippen LogP) is 2.96. The van der Waals surface area contributed by atoms with Crippen LogP contribution in [0.15, 0.2) is 24.3 Å². The van der Waals surface area contributed by atoms with Gasteiger partial charge in [0.2, 0.25) is 0 Å². The zero-order chi connectivity index (χ0) is 17.0. The summed E-state index contributed by atoms with van der Waals surface area (Å²) in [6.45, 7) is 6.81. The maximum atomic E-state index is 12.5. The summed E-state index contributed by atoms with van der Waals surface area (Å²) in [7, 11) is 1.83. The van der Waals surface area contributed by atoms with Crippen LogP contribution in [0.25, 0.3) is 0 Å². The van der Waals surface area contributed by atoms with Crippen molar-refractivity contribution >= 4 is 12.0 Å². The Hall–Kier alpha value is -2.04. The van der Waals surface area contributed by atoms with Gasteiger partial charge in [-0.3, -0.25) is 4.79 Å². The number of carbonyl (C=O) groups is 2. The molecule has 0 unspecified atom stereocenters. The molecule has 1 aromatic rings. The number of nitrogens with zero attached hydrogens (tertiary/aromatic N) is 2. The molecule has 23 heavy (non-hydrogen) atoms. The molecule has 125 valence electrons. The van der Waals surface area contributed by atoms with Crippen molar-refractivity contribution in [2.24, 2.45) is 0 Å². The summed E-state index contributed by atoms with van der Waals surface area (Å²) in [4.78, 5) is 28.0. The Morgan fingerprint density at radius 3 is 2.30 bits per heavy atom. The van der Waals surface area contributed by atoms with Gasteiger partial charge in [-0.05, 0) is 51.8 Å². The number of hydrogen-bond acceptors (Lipinski definition) is 3. The molecule has 1 heterocycles. The largest absolute Gasteiger partial charge is 0.444 e. The quantitative estimate of drug-likeness (QED) is 0.842. The molecule has 1 aromatic carbocycles. The molecule has 5 heteroatoms. The van der Waals surface area contributed by atoms with Gasteiger partial charge in [-0.25, -0.2) is 4.79 Å². The Balaban J connectivity index is 1.89. The third-order valence-electron chi connectivity index (χ3n) is 3.95. The fraction of sp³-hybridized carbons (Fsp3) is 0.556. The van der Waals surface area contributed by atoms with Gasteiger partial charge < -0.3 is 14.5 Å². The van der Waals surface area contributed by atoms with Crippen molar-refractivity contribution in [2.45, 2.75) is 45.3 Å². The van der Waals surface area contributed by atoms with Crippen LogP contribution in [-0.4, -0.2) is 53.6 Å². The van der Waals surface area contributed by atoms with Crippen LogP contribution in [0.1, 0.15) is 44.0 Å². The average molecular weight is 317 g/mol. The highest BCUT2D eigenvalue weighted by Crippen LogP contribution is 2.19. The van der Waals surface area contributed by atoms with E-state index in [0.717, 1.165) is 12.8 Å². The summed E-state index contributed by atoms with van der Waals surface area (Å²) in [6.07, 6.45) is 1.25. The number of hydrogen-bond donors (Lipinski definition) is 0. The molecule has 2 amide bonds. The van der Waals surface area contributed by atoms with Crippen LogP contribution in [0.3, 0.4) is 0 Å². The van der Waals surface area contributed by atoms with Gasteiger partial charge in [0.15, 0.2) is 0 Å². The summed E-state index contributed by atoms with van der Waals surface area (Å²) < 4.78 is 5.39. The lowest BCUT2D eigenvalue weighted by atomic mass is 10.0. The van der Waals surface area contributed by atoms with Crippen molar-refractivity contribution < 1.29 is 14.3 Å². The van der Waals surface area contributed by atoms with E-state index in [0.29, 0.717) is 18.7 Å². The highest BCUT2D eigenvalue weighted by atomic mass is 16.6. The van der Waals surface area contributed by atoms with E-state index >= 15 is 0 Å². The highest BCUT2D eigenvalue weighted by Gasteiger charge is 2.30. The number of rotatable bonds is 2. The summed E-state index contributed by atoms with van der Waals surface area (Å²) in [5.41, 5.74) is 0.186. The standard InChI is InChI=1S/C18H25N2O3/c1-18(2,3)23-17(22)20-12-10-15(11-13-20)19(4)16(21)14-8-6-5-7-9-14/h6-9,15H,10-13H2,1-4H3. The van der Waals surface area contributed by atoms with E-state index in [2.05, 4.69) is 6.07 Å². The van der Waals surface area contributed by atoms with Gasteiger partial charge in [0, 0.05) is 31.7 Å². The Morgan fingerprint density at radius 1 is 1.22 bits per heavy atom. The highest BCUT2D eigenvalue weighted by molar-refractivity contribution is 5.94. The second-order valence-corrected chi connectivity index (χ2v) is 6.90. The van der Waals surface area contributed by atoms with Crippen LogP contribution in [0.5, 0.6) is 0 Å². The van der Waals surface area contributed by atoms with Gasteiger partial charge in [-0.2, -0.15) is 0 Å². The molecule has 0 atom stereocenters. The van der Waals surface area contributed by atoms with Crippen molar-refractivity contribution in [1.29, 1.82) is 0 Å². The normalized spacial score (nSPS) is 16.1. The lowest BCUT2D eigenvalue weighted by molar-refractivity contribution is 0.0160. The van der Waals surface area contributed by atoms with Gasteiger partial charge in [0.05, 0.1) is 0 Å². The van der Waals surface area contributed by atoms with E-state index < -0.39 is 5.60 Å². The first-order chi connectivity index (χ1) is 10.8. The molecule has 1 aliphatic heterocycles. The van der Waals surface area contributed by atoms with Crippen LogP contribution in [0, 0.1) is 6.07 Å². The maximum absolute atomic E-state index is 12.5. The first-order valence-electron chi connectivity index (χ1n) is 7.99. The first kappa shape index (κ1) is 17.3. The Morgan fingerprint density at radius 2 is 1.78 bits per heavy atom. The maximum Gasteiger partial charge on any atom is 0.410 e. The van der Waals surface area contributed by atoms with Crippen molar-refractivity contribution in [3.05, 3.63) is 35.9 Å². The van der Waals surface area contributed by atoms with Crippen molar-refractivity contribution in [3.8, 4) is 0 Å². The molecule has 1 radical (unpaired) electrons. The second kappa shape index (κ2) is 7.02. The molecule has 0 N–H and O–H groups in total. The zero-order valence-electron chi connectivity index (χ0n) is 14.3. The summed E-state index contributed by atoms with van der Waals surface area (Å²) in [6, 6.07) is 10.1. The molecule has 0 saturated carbocycles. The molecular formula is C18H25N2O3. The van der Waals surface area contributed by atoms with Crippen LogP contribution in [0.4, 0.5) is 4.79 Å². The minimum absolute atomic E-state index is 0.00900. The van der Waals surface area contributed by atoms with E-state index in [4.69, 9.17) is 4.74 Å².